The molecule has 3 N–H and O–H groups in total. The lowest BCUT2D eigenvalue weighted by atomic mass is 9.99. The fraction of sp³-hybridized carbons (Fsp3) is 0.367. The Kier molecular flexibility index (Phi) is 9.86. The Bertz CT molecular complexity index is 1150. The summed E-state index contributed by atoms with van der Waals surface area (Å²) in [6, 6.07) is 25.7. The maximum atomic E-state index is 11.2. The number of hydrogen-bond acceptors (Lipinski definition) is 8. The van der Waals surface area contributed by atoms with Crippen molar-refractivity contribution < 1.29 is 39.1 Å². The van der Waals surface area contributed by atoms with E-state index in [0.717, 1.165) is 23.1 Å². The van der Waals surface area contributed by atoms with Gasteiger partial charge in [-0.2, -0.15) is 0 Å². The van der Waals surface area contributed by atoms with Crippen LogP contribution in [0.1, 0.15) is 29.2 Å². The molecule has 1 fully saturated rings. The van der Waals surface area contributed by atoms with E-state index in [1.807, 2.05) is 42.5 Å². The molecule has 0 unspecified atom stereocenters. The highest BCUT2D eigenvalue weighted by Crippen LogP contribution is 2.28. The minimum Gasteiger partial charge on any atom is -0.463 e. The summed E-state index contributed by atoms with van der Waals surface area (Å²) >= 11 is 0. The normalized spacial score (nSPS) is 23.1. The van der Waals surface area contributed by atoms with Gasteiger partial charge in [0.25, 0.3) is 0 Å². The van der Waals surface area contributed by atoms with Gasteiger partial charge in [-0.05, 0) is 34.7 Å². The molecule has 3 aromatic carbocycles. The molecule has 0 radical (unpaired) electrons. The van der Waals surface area contributed by atoms with Crippen molar-refractivity contribution in [1.29, 1.82) is 0 Å². The summed E-state index contributed by atoms with van der Waals surface area (Å²) in [6.45, 7) is 2.19. The zero-order valence-corrected chi connectivity index (χ0v) is 21.3. The number of ether oxygens (including phenoxy) is 4. The number of carbonyl (C=O) groups excluding carboxylic acids is 1. The third-order valence-electron chi connectivity index (χ3n) is 6.40. The Hall–Kier alpha value is -3.27. The highest BCUT2D eigenvalue weighted by Gasteiger charge is 2.45. The third-order valence-corrected chi connectivity index (χ3v) is 6.40. The summed E-state index contributed by atoms with van der Waals surface area (Å²) in [5.74, 6) is -0.0697. The van der Waals surface area contributed by atoms with Crippen molar-refractivity contribution in [3.8, 4) is 5.75 Å². The molecule has 3 aromatic rings. The van der Waals surface area contributed by atoms with Crippen molar-refractivity contribution in [3.05, 3.63) is 101 Å². The van der Waals surface area contributed by atoms with Gasteiger partial charge in [0.2, 0.25) is 6.29 Å². The quantitative estimate of drug-likeness (QED) is 0.260. The van der Waals surface area contributed by atoms with Gasteiger partial charge in [-0.1, -0.05) is 72.8 Å². The number of aliphatic hydroxyl groups excluding tert-OH is 3. The van der Waals surface area contributed by atoms with E-state index in [2.05, 4.69) is 24.3 Å². The van der Waals surface area contributed by atoms with Crippen LogP contribution in [0.2, 0.25) is 0 Å². The van der Waals surface area contributed by atoms with E-state index in [4.69, 9.17) is 18.9 Å². The van der Waals surface area contributed by atoms with Crippen LogP contribution in [0.25, 0.3) is 0 Å². The molecule has 38 heavy (non-hydrogen) atoms. The minimum atomic E-state index is -1.52. The maximum Gasteiger partial charge on any atom is 0.302 e. The van der Waals surface area contributed by atoms with Crippen molar-refractivity contribution in [3.63, 3.8) is 0 Å². The van der Waals surface area contributed by atoms with Crippen LogP contribution in [-0.2, 0) is 38.5 Å². The summed E-state index contributed by atoms with van der Waals surface area (Å²) < 4.78 is 22.3. The molecule has 0 bridgehead atoms. The molecule has 1 saturated heterocycles. The van der Waals surface area contributed by atoms with Crippen molar-refractivity contribution in [2.24, 2.45) is 0 Å². The van der Waals surface area contributed by atoms with E-state index in [-0.39, 0.29) is 6.61 Å². The van der Waals surface area contributed by atoms with Crippen LogP contribution in [0.5, 0.6) is 5.75 Å². The first-order chi connectivity index (χ1) is 18.4. The first-order valence-corrected chi connectivity index (χ1v) is 12.7. The number of aliphatic hydroxyl groups is 3. The molecule has 5 atom stereocenters. The first-order valence-electron chi connectivity index (χ1n) is 12.7. The largest absolute Gasteiger partial charge is 0.463 e. The Morgan fingerprint density at radius 2 is 1.50 bits per heavy atom. The van der Waals surface area contributed by atoms with E-state index < -0.39 is 36.7 Å². The minimum absolute atomic E-state index is 0.272. The van der Waals surface area contributed by atoms with Crippen LogP contribution in [0.4, 0.5) is 0 Å². The number of benzene rings is 3. The summed E-state index contributed by atoms with van der Waals surface area (Å²) in [7, 11) is 0. The van der Waals surface area contributed by atoms with Gasteiger partial charge in [0.05, 0.1) is 13.2 Å². The van der Waals surface area contributed by atoms with Crippen molar-refractivity contribution in [2.75, 3.05) is 13.2 Å². The van der Waals surface area contributed by atoms with Crippen molar-refractivity contribution in [2.45, 2.75) is 57.1 Å². The predicted molar refractivity (Wildman–Crippen MR) is 139 cm³/mol. The molecule has 0 aliphatic carbocycles. The summed E-state index contributed by atoms with van der Waals surface area (Å²) in [6.07, 6.45) is -5.35. The zero-order valence-electron chi connectivity index (χ0n) is 21.3. The van der Waals surface area contributed by atoms with E-state index in [1.165, 1.54) is 12.5 Å². The van der Waals surface area contributed by atoms with Crippen molar-refractivity contribution >= 4 is 5.97 Å². The number of esters is 1. The Morgan fingerprint density at radius 3 is 2.24 bits per heavy atom. The monoisotopic (exact) mass is 522 g/mol. The highest BCUT2D eigenvalue weighted by atomic mass is 16.7. The van der Waals surface area contributed by atoms with Crippen LogP contribution in [0.3, 0.4) is 0 Å². The van der Waals surface area contributed by atoms with Gasteiger partial charge in [0.1, 0.15) is 36.8 Å². The predicted octanol–water partition coefficient (Wildman–Crippen LogP) is 2.79. The zero-order chi connectivity index (χ0) is 26.9. The van der Waals surface area contributed by atoms with Crippen LogP contribution in [0, 0.1) is 0 Å². The number of rotatable bonds is 11. The van der Waals surface area contributed by atoms with Crippen LogP contribution >= 0.6 is 0 Å². The fourth-order valence-electron chi connectivity index (χ4n) is 4.24. The molecular formula is C30H34O8. The smallest absolute Gasteiger partial charge is 0.302 e. The van der Waals surface area contributed by atoms with Crippen LogP contribution in [0.15, 0.2) is 78.9 Å². The molecule has 1 heterocycles. The molecule has 0 aromatic heterocycles. The topological polar surface area (TPSA) is 115 Å². The Morgan fingerprint density at radius 1 is 0.816 bits per heavy atom. The van der Waals surface area contributed by atoms with E-state index in [0.29, 0.717) is 25.4 Å². The Labute approximate surface area is 222 Å². The van der Waals surface area contributed by atoms with Gasteiger partial charge >= 0.3 is 5.97 Å². The first kappa shape index (κ1) is 27.8. The average molecular weight is 523 g/mol. The van der Waals surface area contributed by atoms with Gasteiger partial charge < -0.3 is 34.3 Å². The SMILES string of the molecule is CC(=O)OC[C@H]1O[C@H](Oc2ccccc2Cc2ccc(CCOCc3ccccc3)cc2)[C@H](O)[C@@H](O)[C@@H]1O. The molecule has 0 amide bonds. The highest BCUT2D eigenvalue weighted by molar-refractivity contribution is 5.65. The summed E-state index contributed by atoms with van der Waals surface area (Å²) in [5.41, 5.74) is 4.26. The number of hydrogen-bond donors (Lipinski definition) is 3. The number of carbonyl (C=O) groups is 1. The molecule has 8 heteroatoms. The van der Waals surface area contributed by atoms with Crippen LogP contribution in [-0.4, -0.2) is 65.2 Å². The van der Waals surface area contributed by atoms with Gasteiger partial charge in [-0.15, -0.1) is 0 Å². The molecule has 8 nitrogen and oxygen atoms in total. The van der Waals surface area contributed by atoms with E-state index in [9.17, 15) is 20.1 Å². The molecule has 1 aliphatic rings. The maximum absolute atomic E-state index is 11.2. The van der Waals surface area contributed by atoms with E-state index >= 15 is 0 Å². The molecule has 202 valence electrons. The van der Waals surface area contributed by atoms with Gasteiger partial charge in [-0.3, -0.25) is 4.79 Å². The molecule has 1 aliphatic heterocycles. The average Bonchev–Trinajstić information content (AvgIpc) is 2.93. The lowest BCUT2D eigenvalue weighted by molar-refractivity contribution is -0.278. The fourth-order valence-corrected chi connectivity index (χ4v) is 4.24. The summed E-state index contributed by atoms with van der Waals surface area (Å²) in [4.78, 5) is 11.2. The van der Waals surface area contributed by atoms with Crippen molar-refractivity contribution in [1.82, 2.24) is 0 Å². The molecule has 0 spiro atoms. The Balaban J connectivity index is 1.34. The van der Waals surface area contributed by atoms with Gasteiger partial charge in [0.15, 0.2) is 0 Å². The summed E-state index contributed by atoms with van der Waals surface area (Å²) in [5, 5.41) is 30.9. The second kappa shape index (κ2) is 13.5. The molecular weight excluding hydrogens is 488 g/mol. The van der Waals surface area contributed by atoms with Crippen LogP contribution < -0.4 is 4.74 Å². The van der Waals surface area contributed by atoms with Gasteiger partial charge in [0, 0.05) is 13.3 Å². The lowest BCUT2D eigenvalue weighted by Gasteiger charge is -2.40. The third kappa shape index (κ3) is 7.63. The number of para-hydroxylation sites is 1. The van der Waals surface area contributed by atoms with E-state index in [1.54, 1.807) is 12.1 Å². The standard InChI is InChI=1S/C30H34O8/c1-20(31)36-19-26-27(32)28(33)29(34)30(38-26)37-25-10-6-5-9-24(25)17-22-13-11-21(12-14-22)15-16-35-18-23-7-3-2-4-8-23/h2-14,26-30,32-34H,15-19H2,1H3/t26-,27-,28+,29-,30+/m1/s1. The second-order valence-electron chi connectivity index (χ2n) is 9.32. The molecule has 4 rings (SSSR count). The molecule has 0 saturated carbocycles. The second-order valence-corrected chi connectivity index (χ2v) is 9.32. The lowest BCUT2D eigenvalue weighted by Crippen LogP contribution is -2.60. The van der Waals surface area contributed by atoms with Gasteiger partial charge in [-0.25, -0.2) is 0 Å².